The van der Waals surface area contributed by atoms with Crippen LogP contribution < -0.4 is 0 Å². The number of hydrogen-bond donors (Lipinski definition) is 2. The lowest BCUT2D eigenvalue weighted by Gasteiger charge is -2.40. The monoisotopic (exact) mass is 522 g/mol. The SMILES string of the molecule is C=C(C(=O)OC)[C@@H]1C[C@@H](OC(C)=O)C2=C[C@H](C[C@@]3(C)O[C@@H]3[C@@]3(O)C=C(C)[C@](O)(O3)[C@H]1OC(C)=O)OC2=O. The molecule has 202 valence electrons. The summed E-state index contributed by atoms with van der Waals surface area (Å²) in [7, 11) is 1.11. The highest BCUT2D eigenvalue weighted by Gasteiger charge is 2.69. The first-order chi connectivity index (χ1) is 17.1. The summed E-state index contributed by atoms with van der Waals surface area (Å²) in [5.74, 6) is -9.20. The predicted octanol–water partition coefficient (Wildman–Crippen LogP) is 0.352. The normalized spacial score (nSPS) is 40.4. The number of epoxide rings is 1. The van der Waals surface area contributed by atoms with E-state index in [4.69, 9.17) is 28.4 Å². The summed E-state index contributed by atoms with van der Waals surface area (Å²) in [6.07, 6.45) is -2.24. The Labute approximate surface area is 212 Å². The van der Waals surface area contributed by atoms with Crippen LogP contribution in [-0.2, 0) is 47.6 Å². The Bertz CT molecular complexity index is 1120. The fraction of sp³-hybridized carbons (Fsp3) is 0.600. The molecule has 8 atom stereocenters. The molecule has 4 aliphatic rings. The number of esters is 4. The van der Waals surface area contributed by atoms with Crippen molar-refractivity contribution >= 4 is 23.9 Å². The van der Waals surface area contributed by atoms with E-state index in [1.807, 2.05) is 0 Å². The van der Waals surface area contributed by atoms with Crippen LogP contribution in [0.25, 0.3) is 0 Å². The van der Waals surface area contributed by atoms with Crippen molar-refractivity contribution in [1.29, 1.82) is 0 Å². The number of aliphatic hydroxyl groups is 2. The zero-order chi connectivity index (χ0) is 27.5. The highest BCUT2D eigenvalue weighted by molar-refractivity contribution is 5.93. The molecule has 4 heterocycles. The maximum Gasteiger partial charge on any atom is 0.338 e. The number of carbonyl (C=O) groups excluding carboxylic acids is 4. The van der Waals surface area contributed by atoms with Crippen molar-refractivity contribution in [3.63, 3.8) is 0 Å². The van der Waals surface area contributed by atoms with Crippen LogP contribution >= 0.6 is 0 Å². The van der Waals surface area contributed by atoms with E-state index in [0.29, 0.717) is 0 Å². The molecular formula is C25H30O12. The average Bonchev–Trinajstić information content (AvgIpc) is 3.24. The molecule has 4 rings (SSSR count). The molecule has 0 amide bonds. The van der Waals surface area contributed by atoms with Gasteiger partial charge in [0.1, 0.15) is 23.9 Å². The van der Waals surface area contributed by atoms with Crippen LogP contribution in [0.2, 0.25) is 0 Å². The quantitative estimate of drug-likeness (QED) is 0.171. The molecule has 4 aliphatic heterocycles. The molecule has 1 fully saturated rings. The van der Waals surface area contributed by atoms with Crippen LogP contribution in [0.5, 0.6) is 0 Å². The zero-order valence-electron chi connectivity index (χ0n) is 21.1. The van der Waals surface area contributed by atoms with E-state index in [2.05, 4.69) is 6.58 Å². The predicted molar refractivity (Wildman–Crippen MR) is 121 cm³/mol. The van der Waals surface area contributed by atoms with Crippen LogP contribution in [0, 0.1) is 5.92 Å². The minimum atomic E-state index is -2.46. The molecule has 0 aliphatic carbocycles. The summed E-state index contributed by atoms with van der Waals surface area (Å²) in [4.78, 5) is 49.6. The van der Waals surface area contributed by atoms with Gasteiger partial charge in [0.2, 0.25) is 11.6 Å². The van der Waals surface area contributed by atoms with Gasteiger partial charge in [0, 0.05) is 31.8 Å². The average molecular weight is 523 g/mol. The van der Waals surface area contributed by atoms with Gasteiger partial charge in [-0.3, -0.25) is 9.59 Å². The molecular weight excluding hydrogens is 492 g/mol. The first-order valence-corrected chi connectivity index (χ1v) is 11.7. The van der Waals surface area contributed by atoms with Crippen molar-refractivity contribution in [2.45, 2.75) is 82.1 Å². The standard InChI is InChI=1S/C25H30O12/c1-11-9-24(30)22-23(5,36-22)10-15-7-17(21(29)35-15)18(33-13(3)26)8-16(12(2)20(28)32-6)19(34-14(4)27)25(11,31)37-24/h7,9,15-16,18-19,22,30-31H,2,8,10H2,1,3-6H3/t15-,16+,18-,19+,22+,23-,24-,25+/m1/s1. The lowest BCUT2D eigenvalue weighted by Crippen LogP contribution is -2.55. The summed E-state index contributed by atoms with van der Waals surface area (Å²) in [5, 5.41) is 23.2. The topological polar surface area (TPSA) is 167 Å². The van der Waals surface area contributed by atoms with Crippen LogP contribution in [-0.4, -0.2) is 82.8 Å². The number of hydrogen-bond acceptors (Lipinski definition) is 12. The summed E-state index contributed by atoms with van der Waals surface area (Å²) >= 11 is 0. The highest BCUT2D eigenvalue weighted by atomic mass is 16.8. The van der Waals surface area contributed by atoms with Gasteiger partial charge in [0.05, 0.1) is 12.7 Å². The van der Waals surface area contributed by atoms with E-state index < -0.39 is 71.4 Å². The maximum atomic E-state index is 12.8. The van der Waals surface area contributed by atoms with Crippen molar-refractivity contribution in [3.8, 4) is 0 Å². The lowest BCUT2D eigenvalue weighted by atomic mass is 9.81. The van der Waals surface area contributed by atoms with Gasteiger partial charge in [-0.05, 0) is 38.0 Å². The molecule has 4 bridgehead atoms. The summed E-state index contributed by atoms with van der Waals surface area (Å²) < 4.78 is 32.8. The first kappa shape index (κ1) is 27.0. The molecule has 0 spiro atoms. The van der Waals surface area contributed by atoms with Gasteiger partial charge in [-0.25, -0.2) is 9.59 Å². The molecule has 0 aromatic heterocycles. The minimum Gasteiger partial charge on any atom is -0.466 e. The third-order valence-electron chi connectivity index (χ3n) is 7.10. The fourth-order valence-electron chi connectivity index (χ4n) is 5.36. The van der Waals surface area contributed by atoms with Crippen LogP contribution in [0.15, 0.2) is 35.5 Å². The molecule has 12 nitrogen and oxygen atoms in total. The summed E-state index contributed by atoms with van der Waals surface area (Å²) in [6.45, 7) is 9.10. The second-order valence-corrected chi connectivity index (χ2v) is 9.95. The minimum absolute atomic E-state index is 0.00599. The fourth-order valence-corrected chi connectivity index (χ4v) is 5.36. The molecule has 2 N–H and O–H groups in total. The van der Waals surface area contributed by atoms with Gasteiger partial charge in [0.25, 0.3) is 0 Å². The van der Waals surface area contributed by atoms with Gasteiger partial charge in [-0.2, -0.15) is 0 Å². The number of methoxy groups -OCH3 is 1. The molecule has 0 unspecified atom stereocenters. The van der Waals surface area contributed by atoms with Crippen LogP contribution in [0.3, 0.4) is 0 Å². The Morgan fingerprint density at radius 2 is 1.81 bits per heavy atom. The van der Waals surface area contributed by atoms with Crippen molar-refractivity contribution in [2.24, 2.45) is 5.92 Å². The smallest absolute Gasteiger partial charge is 0.338 e. The number of ether oxygens (including phenoxy) is 6. The van der Waals surface area contributed by atoms with E-state index >= 15 is 0 Å². The van der Waals surface area contributed by atoms with Gasteiger partial charge in [-0.1, -0.05) is 6.58 Å². The molecule has 0 radical (unpaired) electrons. The molecule has 12 heteroatoms. The van der Waals surface area contributed by atoms with E-state index in [0.717, 1.165) is 21.0 Å². The third kappa shape index (κ3) is 4.70. The first-order valence-electron chi connectivity index (χ1n) is 11.7. The number of fused-ring (bicyclic) bond motifs is 5. The molecule has 37 heavy (non-hydrogen) atoms. The van der Waals surface area contributed by atoms with E-state index in [1.165, 1.54) is 19.1 Å². The largest absolute Gasteiger partial charge is 0.466 e. The van der Waals surface area contributed by atoms with Crippen molar-refractivity contribution in [1.82, 2.24) is 0 Å². The molecule has 0 aromatic carbocycles. The number of carbonyl (C=O) groups is 4. The Hall–Kier alpha value is -3.06. The van der Waals surface area contributed by atoms with E-state index in [-0.39, 0.29) is 29.6 Å². The molecule has 0 saturated carbocycles. The Morgan fingerprint density at radius 3 is 2.41 bits per heavy atom. The van der Waals surface area contributed by atoms with Gasteiger partial charge >= 0.3 is 23.9 Å². The lowest BCUT2D eigenvalue weighted by molar-refractivity contribution is -0.320. The zero-order valence-corrected chi connectivity index (χ0v) is 21.1. The van der Waals surface area contributed by atoms with E-state index in [1.54, 1.807) is 6.92 Å². The van der Waals surface area contributed by atoms with E-state index in [9.17, 15) is 29.4 Å². The Kier molecular flexibility index (Phi) is 6.60. The molecule has 1 saturated heterocycles. The van der Waals surface area contributed by atoms with Crippen molar-refractivity contribution in [3.05, 3.63) is 35.5 Å². The van der Waals surface area contributed by atoms with Crippen molar-refractivity contribution in [2.75, 3.05) is 7.11 Å². The Balaban J connectivity index is 1.90. The van der Waals surface area contributed by atoms with Gasteiger partial charge < -0.3 is 38.6 Å². The molecule has 0 aromatic rings. The van der Waals surface area contributed by atoms with Crippen LogP contribution in [0.1, 0.15) is 40.5 Å². The van der Waals surface area contributed by atoms with Crippen LogP contribution in [0.4, 0.5) is 0 Å². The Morgan fingerprint density at radius 1 is 1.16 bits per heavy atom. The summed E-state index contributed by atoms with van der Waals surface area (Å²) in [6, 6.07) is 0. The highest BCUT2D eigenvalue weighted by Crippen LogP contribution is 2.54. The second kappa shape index (κ2) is 9.05. The second-order valence-electron chi connectivity index (χ2n) is 9.95. The van der Waals surface area contributed by atoms with Gasteiger partial charge in [0.15, 0.2) is 6.10 Å². The maximum absolute atomic E-state index is 12.8. The number of rotatable bonds is 4. The summed E-state index contributed by atoms with van der Waals surface area (Å²) in [5.41, 5.74) is -1.23. The van der Waals surface area contributed by atoms with Gasteiger partial charge in [-0.15, -0.1) is 0 Å². The third-order valence-corrected chi connectivity index (χ3v) is 7.10. The van der Waals surface area contributed by atoms with Crippen molar-refractivity contribution < 1.29 is 57.8 Å².